The van der Waals surface area contributed by atoms with E-state index in [0.717, 1.165) is 5.69 Å². The predicted molar refractivity (Wildman–Crippen MR) is 98.1 cm³/mol. The second-order valence-corrected chi connectivity index (χ2v) is 6.91. The molecule has 1 saturated heterocycles. The van der Waals surface area contributed by atoms with Gasteiger partial charge in [-0.25, -0.2) is 0 Å². The fourth-order valence-corrected chi connectivity index (χ4v) is 3.02. The third-order valence-electron chi connectivity index (χ3n) is 4.19. The van der Waals surface area contributed by atoms with Gasteiger partial charge >= 0.3 is 0 Å². The molecule has 0 aliphatic carbocycles. The topological polar surface area (TPSA) is 68.2 Å². The van der Waals surface area contributed by atoms with Crippen LogP contribution >= 0.6 is 23.2 Å². The summed E-state index contributed by atoms with van der Waals surface area (Å²) in [5, 5.41) is 9.96. The summed E-state index contributed by atoms with van der Waals surface area (Å²) in [6, 6.07) is 5.29. The van der Waals surface area contributed by atoms with Gasteiger partial charge in [-0.2, -0.15) is 5.10 Å². The van der Waals surface area contributed by atoms with Crippen LogP contribution in [0.15, 0.2) is 23.3 Å². The number of amides is 2. The summed E-state index contributed by atoms with van der Waals surface area (Å²) in [5.74, 6) is 0.478. The van der Waals surface area contributed by atoms with Crippen LogP contribution in [-0.4, -0.2) is 67.2 Å². The Morgan fingerprint density at radius 3 is 2.76 bits per heavy atom. The lowest BCUT2D eigenvalue weighted by atomic mass is 10.3. The number of nitrogens with one attached hydrogen (secondary N) is 1. The molecule has 0 radical (unpaired) electrons. The molecule has 0 aromatic heterocycles. The van der Waals surface area contributed by atoms with Crippen molar-refractivity contribution in [2.45, 2.75) is 6.42 Å². The number of carbonyl (C=O) groups is 2. The van der Waals surface area contributed by atoms with Crippen LogP contribution in [0, 0.1) is 0 Å². The summed E-state index contributed by atoms with van der Waals surface area (Å²) < 4.78 is 0. The summed E-state index contributed by atoms with van der Waals surface area (Å²) in [6.07, 6.45) is 0.633. The minimum absolute atomic E-state index is 0.0306. The van der Waals surface area contributed by atoms with Gasteiger partial charge in [-0.1, -0.05) is 23.2 Å². The van der Waals surface area contributed by atoms with E-state index in [1.165, 1.54) is 0 Å². The average molecular weight is 384 g/mol. The van der Waals surface area contributed by atoms with Gasteiger partial charge in [0, 0.05) is 33.1 Å². The average Bonchev–Trinajstić information content (AvgIpc) is 3.02. The van der Waals surface area contributed by atoms with Gasteiger partial charge in [0.2, 0.25) is 11.8 Å². The fourth-order valence-electron chi connectivity index (χ4n) is 2.72. The summed E-state index contributed by atoms with van der Waals surface area (Å²) >= 11 is 12.0. The zero-order valence-corrected chi connectivity index (χ0v) is 15.3. The first kappa shape index (κ1) is 18.0. The zero-order valence-electron chi connectivity index (χ0n) is 13.8. The lowest BCUT2D eigenvalue weighted by Gasteiger charge is -2.31. The lowest BCUT2D eigenvalue weighted by Crippen LogP contribution is -2.51. The molecule has 3 rings (SSSR count). The second-order valence-electron chi connectivity index (χ2n) is 6.09. The van der Waals surface area contributed by atoms with Crippen LogP contribution in [0.1, 0.15) is 6.42 Å². The van der Waals surface area contributed by atoms with Crippen LogP contribution in [0.5, 0.6) is 0 Å². The minimum atomic E-state index is -0.160. The number of hydrogen-bond acceptors (Lipinski definition) is 5. The van der Waals surface area contributed by atoms with Crippen molar-refractivity contribution in [3.05, 3.63) is 28.2 Å². The maximum atomic E-state index is 12.2. The molecule has 0 atom stereocenters. The summed E-state index contributed by atoms with van der Waals surface area (Å²) in [4.78, 5) is 27.4. The molecule has 2 aliphatic rings. The molecular formula is C16H19Cl2N5O2. The summed E-state index contributed by atoms with van der Waals surface area (Å²) in [6.45, 7) is 2.44. The maximum absolute atomic E-state index is 12.2. The molecule has 2 aliphatic heterocycles. The molecule has 1 fully saturated rings. The number of likely N-dealkylation sites (N-methyl/N-ethyl adjacent to an activating group) is 1. The van der Waals surface area contributed by atoms with Crippen LogP contribution in [-0.2, 0) is 9.59 Å². The van der Waals surface area contributed by atoms with Gasteiger partial charge < -0.3 is 10.2 Å². The third kappa shape index (κ3) is 4.42. The number of halogens is 2. The number of nitrogens with zero attached hydrogens (tertiary/aromatic N) is 4. The van der Waals surface area contributed by atoms with Crippen LogP contribution in [0.3, 0.4) is 0 Å². The Kier molecular flexibility index (Phi) is 5.46. The van der Waals surface area contributed by atoms with E-state index in [2.05, 4.69) is 10.4 Å². The fraction of sp³-hybridized carbons (Fsp3) is 0.438. The smallest absolute Gasteiger partial charge is 0.239 e. The first-order valence-electron chi connectivity index (χ1n) is 7.98. The molecule has 2 amide bonds. The molecule has 9 heteroatoms. The molecule has 0 unspecified atom stereocenters. The van der Waals surface area contributed by atoms with E-state index in [4.69, 9.17) is 23.2 Å². The van der Waals surface area contributed by atoms with E-state index < -0.39 is 0 Å². The van der Waals surface area contributed by atoms with Crippen molar-refractivity contribution in [2.24, 2.45) is 5.10 Å². The van der Waals surface area contributed by atoms with E-state index >= 15 is 0 Å². The van der Waals surface area contributed by atoms with Gasteiger partial charge in [0.1, 0.15) is 5.84 Å². The highest BCUT2D eigenvalue weighted by molar-refractivity contribution is 6.42. The third-order valence-corrected chi connectivity index (χ3v) is 4.93. The lowest BCUT2D eigenvalue weighted by molar-refractivity contribution is -0.135. The largest absolute Gasteiger partial charge is 0.343 e. The Hall–Kier alpha value is -1.83. The Bertz CT molecular complexity index is 724. The van der Waals surface area contributed by atoms with Gasteiger partial charge in [0.15, 0.2) is 0 Å². The molecule has 0 saturated carbocycles. The van der Waals surface area contributed by atoms with Crippen molar-refractivity contribution in [1.29, 1.82) is 0 Å². The highest BCUT2D eigenvalue weighted by Crippen LogP contribution is 2.28. The van der Waals surface area contributed by atoms with Crippen molar-refractivity contribution in [2.75, 3.05) is 44.8 Å². The van der Waals surface area contributed by atoms with Crippen molar-refractivity contribution >= 4 is 46.5 Å². The SMILES string of the molecule is CN1CCN(CC(=O)NC2=NN(c3ccc(Cl)c(Cl)c3)CC2)CC1=O. The van der Waals surface area contributed by atoms with E-state index in [9.17, 15) is 9.59 Å². The van der Waals surface area contributed by atoms with E-state index in [1.54, 1.807) is 29.1 Å². The Labute approximate surface area is 156 Å². The van der Waals surface area contributed by atoms with Crippen molar-refractivity contribution < 1.29 is 9.59 Å². The molecule has 7 nitrogen and oxygen atoms in total. The number of rotatable bonds is 3. The first-order valence-corrected chi connectivity index (χ1v) is 8.74. The van der Waals surface area contributed by atoms with Gasteiger partial charge in [-0.15, -0.1) is 0 Å². The number of anilines is 1. The van der Waals surface area contributed by atoms with Crippen LogP contribution in [0.25, 0.3) is 0 Å². The van der Waals surface area contributed by atoms with Crippen molar-refractivity contribution in [3.8, 4) is 0 Å². The molecule has 0 spiro atoms. The molecule has 1 aromatic rings. The first-order chi connectivity index (χ1) is 11.9. The summed E-state index contributed by atoms with van der Waals surface area (Å²) in [5.41, 5.74) is 0.823. The highest BCUT2D eigenvalue weighted by Gasteiger charge is 2.24. The number of hydrogen-bond donors (Lipinski definition) is 1. The van der Waals surface area contributed by atoms with Gasteiger partial charge in [0.05, 0.1) is 28.8 Å². The van der Waals surface area contributed by atoms with E-state index in [0.29, 0.717) is 41.9 Å². The van der Waals surface area contributed by atoms with E-state index in [-0.39, 0.29) is 24.9 Å². The van der Waals surface area contributed by atoms with Gasteiger partial charge in [0.25, 0.3) is 0 Å². The minimum Gasteiger partial charge on any atom is -0.343 e. The Morgan fingerprint density at radius 2 is 2.04 bits per heavy atom. The zero-order chi connectivity index (χ0) is 18.0. The molecular weight excluding hydrogens is 365 g/mol. The normalized spacial score (nSPS) is 18.5. The standard InChI is InChI=1S/C16H19Cl2N5O2/c1-21-6-7-22(10-16(21)25)9-15(24)19-14-4-5-23(20-14)11-2-3-12(17)13(18)8-11/h2-3,8H,4-7,9-10H2,1H3,(H,19,20,24). The Balaban J connectivity index is 1.55. The summed E-state index contributed by atoms with van der Waals surface area (Å²) in [7, 11) is 1.77. The number of carbonyl (C=O) groups excluding carboxylic acids is 2. The second kappa shape index (κ2) is 7.59. The number of benzene rings is 1. The Morgan fingerprint density at radius 1 is 1.24 bits per heavy atom. The maximum Gasteiger partial charge on any atom is 0.239 e. The molecule has 2 heterocycles. The number of piperazine rings is 1. The van der Waals surface area contributed by atoms with E-state index in [1.807, 2.05) is 11.0 Å². The monoisotopic (exact) mass is 383 g/mol. The molecule has 25 heavy (non-hydrogen) atoms. The van der Waals surface area contributed by atoms with Crippen molar-refractivity contribution in [3.63, 3.8) is 0 Å². The number of amidine groups is 1. The highest BCUT2D eigenvalue weighted by atomic mass is 35.5. The predicted octanol–water partition coefficient (Wildman–Crippen LogP) is 1.41. The number of hydrazone groups is 1. The molecule has 1 N–H and O–H groups in total. The van der Waals surface area contributed by atoms with Crippen LogP contribution < -0.4 is 10.3 Å². The quantitative estimate of drug-likeness (QED) is 0.856. The van der Waals surface area contributed by atoms with Crippen LogP contribution in [0.4, 0.5) is 5.69 Å². The molecule has 1 aromatic carbocycles. The van der Waals surface area contributed by atoms with Crippen LogP contribution in [0.2, 0.25) is 10.0 Å². The molecule has 0 bridgehead atoms. The van der Waals surface area contributed by atoms with Crippen molar-refractivity contribution in [1.82, 2.24) is 15.1 Å². The molecule has 134 valence electrons. The van der Waals surface area contributed by atoms with Gasteiger partial charge in [-0.05, 0) is 18.2 Å². The van der Waals surface area contributed by atoms with Gasteiger partial charge in [-0.3, -0.25) is 19.5 Å².